The van der Waals surface area contributed by atoms with Gasteiger partial charge in [-0.1, -0.05) is 0 Å². The number of nitrogens with zero attached hydrogens (tertiary/aromatic N) is 3. The highest BCUT2D eigenvalue weighted by atomic mass is 16.1. The van der Waals surface area contributed by atoms with Crippen LogP contribution in [0.25, 0.3) is 0 Å². The van der Waals surface area contributed by atoms with Gasteiger partial charge < -0.3 is 14.8 Å². The van der Waals surface area contributed by atoms with Crippen LogP contribution >= 0.6 is 0 Å². The van der Waals surface area contributed by atoms with Gasteiger partial charge in [0, 0.05) is 43.4 Å². The molecular formula is C17H22N4O. The lowest BCUT2D eigenvalue weighted by Gasteiger charge is -2.19. The van der Waals surface area contributed by atoms with Gasteiger partial charge in [0.2, 0.25) is 0 Å². The topological polar surface area (TPSA) is 50.2 Å². The maximum atomic E-state index is 12.2. The highest BCUT2D eigenvalue weighted by molar-refractivity contribution is 5.65. The number of rotatable bonds is 4. The Morgan fingerprint density at radius 3 is 2.73 bits per heavy atom. The second-order valence-electron chi connectivity index (χ2n) is 5.69. The van der Waals surface area contributed by atoms with Crippen LogP contribution in [0, 0.1) is 6.92 Å². The quantitative estimate of drug-likeness (QED) is 0.943. The summed E-state index contributed by atoms with van der Waals surface area (Å²) in [4.78, 5) is 18.8. The zero-order valence-electron chi connectivity index (χ0n) is 13.2. The van der Waals surface area contributed by atoms with Crippen molar-refractivity contribution in [2.24, 2.45) is 0 Å². The van der Waals surface area contributed by atoms with Crippen LogP contribution in [0.3, 0.4) is 0 Å². The Kier molecular flexibility index (Phi) is 4.13. The third-order valence-electron chi connectivity index (χ3n) is 4.19. The molecule has 0 amide bonds. The van der Waals surface area contributed by atoms with Gasteiger partial charge >= 0.3 is 0 Å². The van der Waals surface area contributed by atoms with E-state index in [2.05, 4.69) is 34.3 Å². The van der Waals surface area contributed by atoms with Crippen LogP contribution in [0.15, 0.2) is 35.4 Å². The Bertz CT molecular complexity index is 717. The van der Waals surface area contributed by atoms with Crippen LogP contribution in [-0.4, -0.2) is 22.6 Å². The van der Waals surface area contributed by atoms with Crippen LogP contribution < -0.4 is 15.8 Å². The summed E-state index contributed by atoms with van der Waals surface area (Å²) in [5, 5.41) is 3.17. The second kappa shape index (κ2) is 6.22. The monoisotopic (exact) mass is 298 g/mol. The highest BCUT2D eigenvalue weighted by Gasteiger charge is 2.13. The molecule has 0 spiro atoms. The lowest BCUT2D eigenvalue weighted by Crippen LogP contribution is -2.22. The van der Waals surface area contributed by atoms with E-state index in [1.54, 1.807) is 17.0 Å². The lowest BCUT2D eigenvalue weighted by atomic mass is 10.1. The second-order valence-corrected chi connectivity index (χ2v) is 5.69. The zero-order chi connectivity index (χ0) is 15.5. The molecule has 5 nitrogen and oxygen atoms in total. The molecule has 0 radical (unpaired) electrons. The number of aryl methyl sites for hydroxylation is 2. The molecule has 1 fully saturated rings. The van der Waals surface area contributed by atoms with Crippen molar-refractivity contribution in [3.05, 3.63) is 46.5 Å². The molecule has 1 N–H and O–H groups in total. The van der Waals surface area contributed by atoms with Crippen molar-refractivity contribution in [3.8, 4) is 0 Å². The van der Waals surface area contributed by atoms with E-state index in [-0.39, 0.29) is 5.56 Å². The highest BCUT2D eigenvalue weighted by Crippen LogP contribution is 2.26. The van der Waals surface area contributed by atoms with Crippen LogP contribution in [-0.2, 0) is 6.54 Å². The molecule has 1 aromatic heterocycles. The molecule has 0 unspecified atom stereocenters. The van der Waals surface area contributed by atoms with Gasteiger partial charge in [0.05, 0.1) is 0 Å². The maximum absolute atomic E-state index is 12.2. The summed E-state index contributed by atoms with van der Waals surface area (Å²) in [6, 6.07) is 6.32. The van der Waals surface area contributed by atoms with Crippen LogP contribution in [0.4, 0.5) is 17.2 Å². The molecular weight excluding hydrogens is 276 g/mol. The van der Waals surface area contributed by atoms with Gasteiger partial charge in [0.15, 0.2) is 5.82 Å². The van der Waals surface area contributed by atoms with E-state index in [4.69, 9.17) is 0 Å². The third kappa shape index (κ3) is 2.84. The first kappa shape index (κ1) is 14.6. The van der Waals surface area contributed by atoms with Crippen LogP contribution in [0.5, 0.6) is 0 Å². The summed E-state index contributed by atoms with van der Waals surface area (Å²) in [5.41, 5.74) is 3.22. The first-order chi connectivity index (χ1) is 10.7. The molecule has 2 heterocycles. The van der Waals surface area contributed by atoms with Crippen molar-refractivity contribution in [2.45, 2.75) is 33.2 Å². The number of hydrogen-bond acceptors (Lipinski definition) is 4. The average Bonchev–Trinajstić information content (AvgIpc) is 3.05. The average molecular weight is 298 g/mol. The normalized spacial score (nSPS) is 14.4. The summed E-state index contributed by atoms with van der Waals surface area (Å²) in [5.74, 6) is 0.376. The van der Waals surface area contributed by atoms with Crippen LogP contribution in [0.1, 0.15) is 25.3 Å². The van der Waals surface area contributed by atoms with E-state index in [9.17, 15) is 4.79 Å². The van der Waals surface area contributed by atoms with E-state index < -0.39 is 0 Å². The molecule has 1 aliphatic heterocycles. The molecule has 1 saturated heterocycles. The van der Waals surface area contributed by atoms with Gasteiger partial charge in [-0.05, 0) is 50.5 Å². The predicted octanol–water partition coefficient (Wildman–Crippen LogP) is 2.92. The van der Waals surface area contributed by atoms with Gasteiger partial charge in [-0.3, -0.25) is 4.79 Å². The molecule has 22 heavy (non-hydrogen) atoms. The molecule has 0 bridgehead atoms. The Hall–Kier alpha value is -2.30. The van der Waals surface area contributed by atoms with E-state index in [0.717, 1.165) is 24.3 Å². The van der Waals surface area contributed by atoms with Crippen molar-refractivity contribution in [2.75, 3.05) is 23.3 Å². The van der Waals surface area contributed by atoms with Gasteiger partial charge in [0.25, 0.3) is 5.56 Å². The molecule has 3 rings (SSSR count). The fourth-order valence-corrected chi connectivity index (χ4v) is 2.87. The SMILES string of the molecule is CCn1ccnc(Nc2ccc(N3CCCC3)cc2C)c1=O. The number of anilines is 3. The van der Waals surface area contributed by atoms with E-state index in [0.29, 0.717) is 12.4 Å². The first-order valence-corrected chi connectivity index (χ1v) is 7.87. The van der Waals surface area contributed by atoms with Crippen molar-refractivity contribution < 1.29 is 0 Å². The Morgan fingerprint density at radius 2 is 2.05 bits per heavy atom. The Morgan fingerprint density at radius 1 is 1.27 bits per heavy atom. The van der Waals surface area contributed by atoms with Crippen molar-refractivity contribution >= 4 is 17.2 Å². The van der Waals surface area contributed by atoms with Crippen molar-refractivity contribution in [1.29, 1.82) is 0 Å². The Labute approximate surface area is 130 Å². The summed E-state index contributed by atoms with van der Waals surface area (Å²) < 4.78 is 1.64. The predicted molar refractivity (Wildman–Crippen MR) is 90.1 cm³/mol. The fourth-order valence-electron chi connectivity index (χ4n) is 2.87. The summed E-state index contributed by atoms with van der Waals surface area (Å²) in [6.45, 7) is 6.91. The molecule has 1 aliphatic rings. The molecule has 0 aliphatic carbocycles. The van der Waals surface area contributed by atoms with E-state index in [1.165, 1.54) is 18.5 Å². The minimum atomic E-state index is -0.0898. The number of aromatic nitrogens is 2. The molecule has 0 atom stereocenters. The van der Waals surface area contributed by atoms with Crippen molar-refractivity contribution in [3.63, 3.8) is 0 Å². The third-order valence-corrected chi connectivity index (χ3v) is 4.19. The number of hydrogen-bond donors (Lipinski definition) is 1. The first-order valence-electron chi connectivity index (χ1n) is 7.87. The molecule has 5 heteroatoms. The summed E-state index contributed by atoms with van der Waals surface area (Å²) in [7, 11) is 0. The molecule has 1 aromatic carbocycles. The van der Waals surface area contributed by atoms with Gasteiger partial charge in [-0.15, -0.1) is 0 Å². The minimum Gasteiger partial charge on any atom is -0.372 e. The minimum absolute atomic E-state index is 0.0898. The standard InChI is InChI=1S/C17H22N4O/c1-3-20-11-8-18-16(17(20)22)19-15-7-6-14(12-13(15)2)21-9-4-5-10-21/h6-8,11-12H,3-5,9-10H2,1-2H3,(H,18,19). The largest absolute Gasteiger partial charge is 0.372 e. The Balaban J connectivity index is 1.85. The lowest BCUT2D eigenvalue weighted by molar-refractivity contribution is 0.720. The fraction of sp³-hybridized carbons (Fsp3) is 0.412. The zero-order valence-corrected chi connectivity index (χ0v) is 13.2. The summed E-state index contributed by atoms with van der Waals surface area (Å²) >= 11 is 0. The number of nitrogens with one attached hydrogen (secondary N) is 1. The number of benzene rings is 1. The van der Waals surface area contributed by atoms with Gasteiger partial charge in [0.1, 0.15) is 0 Å². The van der Waals surface area contributed by atoms with Gasteiger partial charge in [-0.25, -0.2) is 4.98 Å². The maximum Gasteiger partial charge on any atom is 0.293 e. The smallest absolute Gasteiger partial charge is 0.293 e. The van der Waals surface area contributed by atoms with Crippen LogP contribution in [0.2, 0.25) is 0 Å². The van der Waals surface area contributed by atoms with E-state index >= 15 is 0 Å². The molecule has 2 aromatic rings. The van der Waals surface area contributed by atoms with Gasteiger partial charge in [-0.2, -0.15) is 0 Å². The molecule has 0 saturated carbocycles. The summed E-state index contributed by atoms with van der Waals surface area (Å²) in [6.07, 6.45) is 5.89. The van der Waals surface area contributed by atoms with E-state index in [1.807, 2.05) is 13.0 Å². The van der Waals surface area contributed by atoms with Crippen molar-refractivity contribution in [1.82, 2.24) is 9.55 Å². The molecule has 116 valence electrons.